The Morgan fingerprint density at radius 1 is 1.32 bits per heavy atom. The number of rotatable bonds is 6. The quantitative estimate of drug-likeness (QED) is 0.844. The van der Waals surface area contributed by atoms with Crippen molar-refractivity contribution in [2.75, 3.05) is 6.54 Å². The van der Waals surface area contributed by atoms with Crippen LogP contribution < -0.4 is 11.1 Å². The van der Waals surface area contributed by atoms with E-state index in [4.69, 9.17) is 5.73 Å². The fourth-order valence-electron chi connectivity index (χ4n) is 1.91. The highest BCUT2D eigenvalue weighted by molar-refractivity contribution is 5.85. The molecule has 1 rings (SSSR count). The van der Waals surface area contributed by atoms with E-state index in [-0.39, 0.29) is 18.3 Å². The highest BCUT2D eigenvalue weighted by Crippen LogP contribution is 2.08. The molecule has 4 heteroatoms. The maximum Gasteiger partial charge on any atom is 0.239 e. The van der Waals surface area contributed by atoms with Crippen LogP contribution in [0.3, 0.4) is 0 Å². The van der Waals surface area contributed by atoms with Gasteiger partial charge in [0.25, 0.3) is 0 Å². The van der Waals surface area contributed by atoms with Gasteiger partial charge in [0.15, 0.2) is 0 Å². The highest BCUT2D eigenvalue weighted by atomic mass is 35.5. The van der Waals surface area contributed by atoms with E-state index < -0.39 is 5.54 Å². The smallest absolute Gasteiger partial charge is 0.239 e. The zero-order chi connectivity index (χ0) is 13.6. The molecule has 3 nitrogen and oxygen atoms in total. The van der Waals surface area contributed by atoms with E-state index in [0.29, 0.717) is 13.0 Å². The summed E-state index contributed by atoms with van der Waals surface area (Å²) < 4.78 is 0. The predicted molar refractivity (Wildman–Crippen MR) is 82.6 cm³/mol. The Kier molecular flexibility index (Phi) is 7.72. The molecule has 0 radical (unpaired) electrons. The van der Waals surface area contributed by atoms with Crippen molar-refractivity contribution in [1.82, 2.24) is 5.32 Å². The number of halogens is 1. The van der Waals surface area contributed by atoms with Crippen molar-refractivity contribution in [3.8, 4) is 0 Å². The van der Waals surface area contributed by atoms with E-state index in [0.717, 1.165) is 12.8 Å². The summed E-state index contributed by atoms with van der Waals surface area (Å²) in [5.41, 5.74) is 7.69. The van der Waals surface area contributed by atoms with E-state index in [1.54, 1.807) is 6.92 Å². The minimum Gasteiger partial charge on any atom is -0.354 e. The van der Waals surface area contributed by atoms with E-state index in [9.17, 15) is 4.79 Å². The van der Waals surface area contributed by atoms with Crippen molar-refractivity contribution >= 4 is 18.3 Å². The van der Waals surface area contributed by atoms with Gasteiger partial charge in [0.1, 0.15) is 0 Å². The standard InChI is InChI=1S/C15H24N2O.ClH/c1-4-10-15(3,16)14(18)17-11-9-13-7-5-12(2)6-8-13;/h5-8H,4,9-11,16H2,1-3H3,(H,17,18);1H. The van der Waals surface area contributed by atoms with Gasteiger partial charge in [0.2, 0.25) is 5.91 Å². The van der Waals surface area contributed by atoms with Crippen molar-refractivity contribution in [3.63, 3.8) is 0 Å². The van der Waals surface area contributed by atoms with Crippen LogP contribution in [0.25, 0.3) is 0 Å². The zero-order valence-electron chi connectivity index (χ0n) is 12.0. The summed E-state index contributed by atoms with van der Waals surface area (Å²) in [5.74, 6) is -0.0588. The summed E-state index contributed by atoms with van der Waals surface area (Å²) in [6.07, 6.45) is 2.47. The summed E-state index contributed by atoms with van der Waals surface area (Å²) in [4.78, 5) is 11.9. The van der Waals surface area contributed by atoms with Gasteiger partial charge >= 0.3 is 0 Å². The number of nitrogens with one attached hydrogen (secondary N) is 1. The molecule has 0 saturated carbocycles. The van der Waals surface area contributed by atoms with Gasteiger partial charge in [-0.25, -0.2) is 0 Å². The van der Waals surface area contributed by atoms with Crippen molar-refractivity contribution < 1.29 is 4.79 Å². The number of benzene rings is 1. The van der Waals surface area contributed by atoms with E-state index in [1.165, 1.54) is 11.1 Å². The third-order valence-electron chi connectivity index (χ3n) is 3.11. The molecular formula is C15H25ClN2O. The molecule has 0 bridgehead atoms. The van der Waals surface area contributed by atoms with Crippen molar-refractivity contribution in [2.24, 2.45) is 5.73 Å². The predicted octanol–water partition coefficient (Wildman–Crippen LogP) is 2.59. The molecule has 1 unspecified atom stereocenters. The van der Waals surface area contributed by atoms with Gasteiger partial charge in [-0.15, -0.1) is 12.4 Å². The molecule has 1 aromatic rings. The molecule has 3 N–H and O–H groups in total. The first-order valence-electron chi connectivity index (χ1n) is 6.58. The number of carbonyl (C=O) groups is 1. The van der Waals surface area contributed by atoms with Crippen LogP contribution in [0.4, 0.5) is 0 Å². The first kappa shape index (κ1) is 17.9. The molecule has 1 aromatic carbocycles. The van der Waals surface area contributed by atoms with E-state index in [2.05, 4.69) is 36.5 Å². The van der Waals surface area contributed by atoms with Crippen LogP contribution in [0.2, 0.25) is 0 Å². The van der Waals surface area contributed by atoms with Gasteiger partial charge in [-0.05, 0) is 32.3 Å². The van der Waals surface area contributed by atoms with E-state index in [1.807, 2.05) is 6.92 Å². The fraction of sp³-hybridized carbons (Fsp3) is 0.533. The second-order valence-electron chi connectivity index (χ2n) is 5.16. The van der Waals surface area contributed by atoms with Crippen LogP contribution in [0.5, 0.6) is 0 Å². The second-order valence-corrected chi connectivity index (χ2v) is 5.16. The number of amides is 1. The van der Waals surface area contributed by atoms with Gasteiger partial charge in [-0.1, -0.05) is 43.2 Å². The molecule has 1 atom stereocenters. The number of hydrogen-bond donors (Lipinski definition) is 2. The van der Waals surface area contributed by atoms with Crippen molar-refractivity contribution in [1.29, 1.82) is 0 Å². The Morgan fingerprint density at radius 3 is 2.42 bits per heavy atom. The topological polar surface area (TPSA) is 55.1 Å². The third kappa shape index (κ3) is 6.08. The zero-order valence-corrected chi connectivity index (χ0v) is 12.8. The Morgan fingerprint density at radius 2 is 1.89 bits per heavy atom. The monoisotopic (exact) mass is 284 g/mol. The average Bonchev–Trinajstić information content (AvgIpc) is 2.31. The lowest BCUT2D eigenvalue weighted by Crippen LogP contribution is -2.51. The number of carbonyl (C=O) groups excluding carboxylic acids is 1. The van der Waals surface area contributed by atoms with Crippen molar-refractivity contribution in [3.05, 3.63) is 35.4 Å². The minimum atomic E-state index is -0.748. The summed E-state index contributed by atoms with van der Waals surface area (Å²) in [7, 11) is 0. The van der Waals surface area contributed by atoms with Crippen LogP contribution >= 0.6 is 12.4 Å². The molecule has 0 aliphatic heterocycles. The lowest BCUT2D eigenvalue weighted by molar-refractivity contribution is -0.126. The van der Waals surface area contributed by atoms with Crippen LogP contribution in [0, 0.1) is 6.92 Å². The molecule has 0 heterocycles. The maximum atomic E-state index is 11.9. The molecule has 0 saturated heterocycles. The van der Waals surface area contributed by atoms with Crippen LogP contribution in [-0.2, 0) is 11.2 Å². The normalized spacial score (nSPS) is 13.3. The lowest BCUT2D eigenvalue weighted by atomic mass is 9.96. The third-order valence-corrected chi connectivity index (χ3v) is 3.11. The molecule has 0 fully saturated rings. The van der Waals surface area contributed by atoms with Gasteiger partial charge < -0.3 is 11.1 Å². The second kappa shape index (κ2) is 8.18. The van der Waals surface area contributed by atoms with Gasteiger partial charge in [0, 0.05) is 6.54 Å². The molecule has 0 aliphatic rings. The van der Waals surface area contributed by atoms with Gasteiger partial charge in [-0.3, -0.25) is 4.79 Å². The van der Waals surface area contributed by atoms with E-state index >= 15 is 0 Å². The number of hydrogen-bond acceptors (Lipinski definition) is 2. The molecule has 0 spiro atoms. The maximum absolute atomic E-state index is 11.9. The van der Waals surface area contributed by atoms with Crippen molar-refractivity contribution in [2.45, 2.75) is 45.6 Å². The Balaban J connectivity index is 0.00000324. The molecule has 19 heavy (non-hydrogen) atoms. The summed E-state index contributed by atoms with van der Waals surface area (Å²) in [5, 5.41) is 2.91. The van der Waals surface area contributed by atoms with Crippen LogP contribution in [0.15, 0.2) is 24.3 Å². The largest absolute Gasteiger partial charge is 0.354 e. The van der Waals surface area contributed by atoms with Crippen LogP contribution in [0.1, 0.15) is 37.8 Å². The lowest BCUT2D eigenvalue weighted by Gasteiger charge is -2.22. The highest BCUT2D eigenvalue weighted by Gasteiger charge is 2.26. The Bertz CT molecular complexity index is 388. The van der Waals surface area contributed by atoms with Crippen LogP contribution in [-0.4, -0.2) is 18.0 Å². The van der Waals surface area contributed by atoms with Gasteiger partial charge in [-0.2, -0.15) is 0 Å². The number of nitrogens with two attached hydrogens (primary N) is 1. The van der Waals surface area contributed by atoms with Gasteiger partial charge in [0.05, 0.1) is 5.54 Å². The Labute approximate surface area is 122 Å². The summed E-state index contributed by atoms with van der Waals surface area (Å²) in [6.45, 7) is 6.52. The minimum absolute atomic E-state index is 0. The first-order chi connectivity index (χ1) is 8.45. The molecule has 0 aliphatic carbocycles. The molecule has 108 valence electrons. The number of aryl methyl sites for hydroxylation is 1. The average molecular weight is 285 g/mol. The molecule has 0 aromatic heterocycles. The SMILES string of the molecule is CCCC(C)(N)C(=O)NCCc1ccc(C)cc1.Cl. The summed E-state index contributed by atoms with van der Waals surface area (Å²) >= 11 is 0. The fourth-order valence-corrected chi connectivity index (χ4v) is 1.91. The first-order valence-corrected chi connectivity index (χ1v) is 6.58. The molecular weight excluding hydrogens is 260 g/mol. The summed E-state index contributed by atoms with van der Waals surface area (Å²) in [6, 6.07) is 8.35. The molecule has 1 amide bonds. The Hall–Kier alpha value is -1.06.